The van der Waals surface area contributed by atoms with Crippen molar-refractivity contribution in [3.63, 3.8) is 0 Å². The van der Waals surface area contributed by atoms with Crippen molar-refractivity contribution in [1.29, 1.82) is 0 Å². The Morgan fingerprint density at radius 1 is 1.42 bits per heavy atom. The Bertz CT molecular complexity index is 405. The van der Waals surface area contributed by atoms with E-state index in [0.29, 0.717) is 0 Å². The number of rotatable bonds is 4. The maximum absolute atomic E-state index is 10.1. The van der Waals surface area contributed by atoms with Gasteiger partial charge in [0.25, 0.3) is 0 Å². The fourth-order valence-electron chi connectivity index (χ4n) is 2.71. The lowest BCUT2D eigenvalue weighted by Gasteiger charge is -2.37. The second-order valence-electron chi connectivity index (χ2n) is 5.82. The lowest BCUT2D eigenvalue weighted by atomic mass is 9.94. The molecule has 1 saturated heterocycles. The third-order valence-electron chi connectivity index (χ3n) is 3.81. The smallest absolute Gasteiger partial charge is 0.0746 e. The number of benzene rings is 1. The topological polar surface area (TPSA) is 49.5 Å². The molecule has 0 aromatic heterocycles. The molecule has 3 nitrogen and oxygen atoms in total. The molecule has 0 saturated carbocycles. The van der Waals surface area contributed by atoms with E-state index >= 15 is 0 Å². The van der Waals surface area contributed by atoms with Gasteiger partial charge in [0.1, 0.15) is 0 Å². The zero-order valence-electron chi connectivity index (χ0n) is 11.5. The SMILES string of the molecule is CC1(O)CCCN(CCC(N)c2ccc(Br)cc2)C1. The van der Waals surface area contributed by atoms with Crippen molar-refractivity contribution < 1.29 is 5.11 Å². The maximum Gasteiger partial charge on any atom is 0.0746 e. The lowest BCUT2D eigenvalue weighted by Crippen LogP contribution is -2.46. The molecule has 2 rings (SSSR count). The van der Waals surface area contributed by atoms with Crippen LogP contribution < -0.4 is 5.73 Å². The summed E-state index contributed by atoms with van der Waals surface area (Å²) in [5, 5.41) is 10.1. The first kappa shape index (κ1) is 15.0. The minimum atomic E-state index is -0.528. The number of nitrogens with zero attached hydrogens (tertiary/aromatic N) is 1. The van der Waals surface area contributed by atoms with Crippen LogP contribution in [0.4, 0.5) is 0 Å². The van der Waals surface area contributed by atoms with Crippen LogP contribution in [0.3, 0.4) is 0 Å². The van der Waals surface area contributed by atoms with Gasteiger partial charge in [-0.25, -0.2) is 0 Å². The van der Waals surface area contributed by atoms with E-state index in [1.54, 1.807) is 0 Å². The highest BCUT2D eigenvalue weighted by molar-refractivity contribution is 9.10. The third-order valence-corrected chi connectivity index (χ3v) is 4.34. The molecule has 1 heterocycles. The maximum atomic E-state index is 10.1. The molecule has 0 spiro atoms. The van der Waals surface area contributed by atoms with Gasteiger partial charge >= 0.3 is 0 Å². The van der Waals surface area contributed by atoms with Crippen LogP contribution in [-0.4, -0.2) is 35.2 Å². The van der Waals surface area contributed by atoms with Crippen molar-refractivity contribution in [2.24, 2.45) is 5.73 Å². The van der Waals surface area contributed by atoms with Crippen LogP contribution in [0.25, 0.3) is 0 Å². The number of aliphatic hydroxyl groups is 1. The van der Waals surface area contributed by atoms with Gasteiger partial charge in [0, 0.05) is 23.6 Å². The summed E-state index contributed by atoms with van der Waals surface area (Å²) in [7, 11) is 0. The number of likely N-dealkylation sites (tertiary alicyclic amines) is 1. The quantitative estimate of drug-likeness (QED) is 0.894. The van der Waals surface area contributed by atoms with E-state index in [1.165, 1.54) is 5.56 Å². The highest BCUT2D eigenvalue weighted by Crippen LogP contribution is 2.22. The highest BCUT2D eigenvalue weighted by Gasteiger charge is 2.28. The summed E-state index contributed by atoms with van der Waals surface area (Å²) in [6.45, 7) is 4.71. The molecule has 0 aliphatic carbocycles. The first-order valence-electron chi connectivity index (χ1n) is 6.92. The Morgan fingerprint density at radius 3 is 2.74 bits per heavy atom. The average molecular weight is 327 g/mol. The van der Waals surface area contributed by atoms with Gasteiger partial charge in [-0.15, -0.1) is 0 Å². The summed E-state index contributed by atoms with van der Waals surface area (Å²) in [4.78, 5) is 2.32. The van der Waals surface area contributed by atoms with Crippen molar-refractivity contribution >= 4 is 15.9 Å². The Hall–Kier alpha value is -0.420. The summed E-state index contributed by atoms with van der Waals surface area (Å²) in [6.07, 6.45) is 2.90. The number of halogens is 1. The van der Waals surface area contributed by atoms with Crippen molar-refractivity contribution in [1.82, 2.24) is 4.90 Å². The predicted octanol–water partition coefficient (Wildman–Crippen LogP) is 2.69. The zero-order valence-corrected chi connectivity index (χ0v) is 13.1. The van der Waals surface area contributed by atoms with E-state index in [0.717, 1.165) is 43.4 Å². The normalized spacial score (nSPS) is 26.3. The summed E-state index contributed by atoms with van der Waals surface area (Å²) in [6, 6.07) is 8.27. The summed E-state index contributed by atoms with van der Waals surface area (Å²) in [5.41, 5.74) is 6.87. The number of piperidine rings is 1. The molecular formula is C15H23BrN2O. The second kappa shape index (κ2) is 6.35. The van der Waals surface area contributed by atoms with E-state index in [4.69, 9.17) is 5.73 Å². The number of nitrogens with two attached hydrogens (primary N) is 1. The van der Waals surface area contributed by atoms with Gasteiger partial charge in [0.15, 0.2) is 0 Å². The molecular weight excluding hydrogens is 304 g/mol. The zero-order chi connectivity index (χ0) is 13.9. The standard InChI is InChI=1S/C15H23BrN2O/c1-15(19)8-2-9-18(11-15)10-7-14(17)12-3-5-13(16)6-4-12/h3-6,14,19H,2,7-11,17H2,1H3. The van der Waals surface area contributed by atoms with Crippen LogP contribution in [0.2, 0.25) is 0 Å². The Labute approximate surface area is 123 Å². The molecule has 1 fully saturated rings. The van der Waals surface area contributed by atoms with Gasteiger partial charge < -0.3 is 15.7 Å². The summed E-state index contributed by atoms with van der Waals surface area (Å²) in [5.74, 6) is 0. The number of β-amino-alcohol motifs (C(OH)–C–C–N with tert-alkyl or cyclic N) is 1. The molecule has 19 heavy (non-hydrogen) atoms. The van der Waals surface area contributed by atoms with Crippen LogP contribution in [0, 0.1) is 0 Å². The van der Waals surface area contributed by atoms with Crippen molar-refractivity contribution in [3.05, 3.63) is 34.3 Å². The van der Waals surface area contributed by atoms with Gasteiger partial charge in [-0.05, 0) is 50.4 Å². The Kier molecular flexibility index (Phi) is 5.01. The van der Waals surface area contributed by atoms with Gasteiger partial charge in [0.05, 0.1) is 5.60 Å². The van der Waals surface area contributed by atoms with E-state index in [1.807, 2.05) is 19.1 Å². The van der Waals surface area contributed by atoms with Crippen molar-refractivity contribution in [2.75, 3.05) is 19.6 Å². The van der Waals surface area contributed by atoms with Gasteiger partial charge in [0.2, 0.25) is 0 Å². The fraction of sp³-hybridized carbons (Fsp3) is 0.600. The van der Waals surface area contributed by atoms with Crippen molar-refractivity contribution in [2.45, 2.75) is 37.8 Å². The third kappa shape index (κ3) is 4.56. The van der Waals surface area contributed by atoms with Crippen LogP contribution in [0.1, 0.15) is 37.8 Å². The largest absolute Gasteiger partial charge is 0.389 e. The minimum Gasteiger partial charge on any atom is -0.389 e. The second-order valence-corrected chi connectivity index (χ2v) is 6.74. The molecule has 4 heteroatoms. The van der Waals surface area contributed by atoms with Crippen LogP contribution in [0.15, 0.2) is 28.7 Å². The minimum absolute atomic E-state index is 0.0694. The van der Waals surface area contributed by atoms with E-state index < -0.39 is 5.60 Å². The van der Waals surface area contributed by atoms with Crippen LogP contribution in [-0.2, 0) is 0 Å². The molecule has 0 radical (unpaired) electrons. The van der Waals surface area contributed by atoms with Crippen LogP contribution in [0.5, 0.6) is 0 Å². The van der Waals surface area contributed by atoms with E-state index in [2.05, 4.69) is 33.0 Å². The monoisotopic (exact) mass is 326 g/mol. The first-order valence-corrected chi connectivity index (χ1v) is 7.71. The van der Waals surface area contributed by atoms with Crippen LogP contribution >= 0.6 is 15.9 Å². The lowest BCUT2D eigenvalue weighted by molar-refractivity contribution is -0.0161. The molecule has 3 N–H and O–H groups in total. The Balaban J connectivity index is 1.83. The van der Waals surface area contributed by atoms with Gasteiger partial charge in [-0.3, -0.25) is 0 Å². The van der Waals surface area contributed by atoms with Gasteiger partial charge in [-0.2, -0.15) is 0 Å². The summed E-state index contributed by atoms with van der Waals surface area (Å²) >= 11 is 3.43. The molecule has 1 aromatic carbocycles. The van der Waals surface area contributed by atoms with E-state index in [9.17, 15) is 5.11 Å². The number of hydrogen-bond donors (Lipinski definition) is 2. The highest BCUT2D eigenvalue weighted by atomic mass is 79.9. The molecule has 106 valence electrons. The Morgan fingerprint density at radius 2 is 2.11 bits per heavy atom. The average Bonchev–Trinajstić information content (AvgIpc) is 2.36. The fourth-order valence-corrected chi connectivity index (χ4v) is 2.98. The molecule has 2 atom stereocenters. The van der Waals surface area contributed by atoms with E-state index in [-0.39, 0.29) is 6.04 Å². The summed E-state index contributed by atoms with van der Waals surface area (Å²) < 4.78 is 1.08. The van der Waals surface area contributed by atoms with Gasteiger partial charge in [-0.1, -0.05) is 28.1 Å². The number of hydrogen-bond acceptors (Lipinski definition) is 3. The molecule has 1 aromatic rings. The molecule has 1 aliphatic rings. The molecule has 1 aliphatic heterocycles. The van der Waals surface area contributed by atoms with Crippen molar-refractivity contribution in [3.8, 4) is 0 Å². The molecule has 0 amide bonds. The molecule has 2 unspecified atom stereocenters. The first-order chi connectivity index (χ1) is 8.96. The molecule has 0 bridgehead atoms. The predicted molar refractivity (Wildman–Crippen MR) is 82.0 cm³/mol.